The molecule has 1 aromatic carbocycles. The number of halogens is 1. The number of nitrogens with one attached hydrogen (secondary N) is 2. The highest BCUT2D eigenvalue weighted by molar-refractivity contribution is 5.74. The maximum absolute atomic E-state index is 14.5. The molecule has 28 heavy (non-hydrogen) atoms. The van der Waals surface area contributed by atoms with Crippen LogP contribution in [0.25, 0.3) is 0 Å². The van der Waals surface area contributed by atoms with Crippen LogP contribution in [0.1, 0.15) is 42.9 Å². The lowest BCUT2D eigenvalue weighted by atomic mass is 9.99. The van der Waals surface area contributed by atoms with Gasteiger partial charge in [-0.1, -0.05) is 18.2 Å². The van der Waals surface area contributed by atoms with Gasteiger partial charge in [0.2, 0.25) is 0 Å². The molecule has 2 atom stereocenters. The molecular formula is C21H24FN3O3. The highest BCUT2D eigenvalue weighted by atomic mass is 19.1. The van der Waals surface area contributed by atoms with E-state index < -0.39 is 5.82 Å². The molecule has 2 fully saturated rings. The van der Waals surface area contributed by atoms with E-state index in [1.807, 2.05) is 12.1 Å². The lowest BCUT2D eigenvalue weighted by Crippen LogP contribution is -2.44. The molecular weight excluding hydrogens is 361 g/mol. The number of hydrogen-bond donors (Lipinski definition) is 2. The molecule has 1 aliphatic heterocycles. The van der Waals surface area contributed by atoms with Crippen LogP contribution in [0.15, 0.2) is 42.7 Å². The second kappa shape index (κ2) is 8.56. The Kier molecular flexibility index (Phi) is 5.71. The highest BCUT2D eigenvalue weighted by Crippen LogP contribution is 2.30. The van der Waals surface area contributed by atoms with Gasteiger partial charge in [-0.25, -0.2) is 9.18 Å². The molecule has 6 nitrogen and oxygen atoms in total. The molecule has 0 spiro atoms. The number of pyridine rings is 1. The molecule has 2 aromatic rings. The minimum absolute atomic E-state index is 0.00617. The van der Waals surface area contributed by atoms with Gasteiger partial charge in [0.05, 0.1) is 12.2 Å². The fourth-order valence-electron chi connectivity index (χ4n) is 3.29. The highest BCUT2D eigenvalue weighted by Gasteiger charge is 2.26. The first kappa shape index (κ1) is 18.7. The van der Waals surface area contributed by atoms with Crippen molar-refractivity contribution in [3.05, 3.63) is 59.7 Å². The summed E-state index contributed by atoms with van der Waals surface area (Å²) in [5.41, 5.74) is 1.41. The monoisotopic (exact) mass is 385 g/mol. The average molecular weight is 385 g/mol. The van der Waals surface area contributed by atoms with Crippen molar-refractivity contribution in [2.24, 2.45) is 0 Å². The summed E-state index contributed by atoms with van der Waals surface area (Å²) in [6.07, 6.45) is 6.90. The molecule has 0 bridgehead atoms. The Balaban J connectivity index is 1.28. The van der Waals surface area contributed by atoms with Crippen LogP contribution in [0.3, 0.4) is 0 Å². The second-order valence-corrected chi connectivity index (χ2v) is 7.24. The summed E-state index contributed by atoms with van der Waals surface area (Å²) in [6, 6.07) is 8.54. The first-order valence-corrected chi connectivity index (χ1v) is 9.69. The van der Waals surface area contributed by atoms with E-state index in [1.165, 1.54) is 0 Å². The fourth-order valence-corrected chi connectivity index (χ4v) is 3.29. The maximum Gasteiger partial charge on any atom is 0.315 e. The zero-order valence-electron chi connectivity index (χ0n) is 15.6. The zero-order valence-corrected chi connectivity index (χ0v) is 15.6. The number of rotatable bonds is 6. The lowest BCUT2D eigenvalue weighted by molar-refractivity contribution is 0.00207. The molecule has 0 radical (unpaired) electrons. The molecule has 4 rings (SSSR count). The summed E-state index contributed by atoms with van der Waals surface area (Å²) < 4.78 is 25.8. The summed E-state index contributed by atoms with van der Waals surface area (Å²) in [4.78, 5) is 16.4. The van der Waals surface area contributed by atoms with Gasteiger partial charge in [0.25, 0.3) is 0 Å². The molecule has 1 saturated carbocycles. The number of carbonyl (C=O) groups is 1. The molecule has 148 valence electrons. The Hall–Kier alpha value is -2.67. The average Bonchev–Trinajstić information content (AvgIpc) is 3.54. The van der Waals surface area contributed by atoms with Crippen LogP contribution in [0.4, 0.5) is 9.18 Å². The first-order valence-electron chi connectivity index (χ1n) is 9.69. The number of aromatic nitrogens is 1. The second-order valence-electron chi connectivity index (χ2n) is 7.24. The molecule has 1 saturated heterocycles. The van der Waals surface area contributed by atoms with E-state index in [-0.39, 0.29) is 36.6 Å². The summed E-state index contributed by atoms with van der Waals surface area (Å²) in [5.74, 6) is -0.150. The van der Waals surface area contributed by atoms with E-state index in [0.29, 0.717) is 18.6 Å². The van der Waals surface area contributed by atoms with Gasteiger partial charge in [-0.15, -0.1) is 0 Å². The predicted molar refractivity (Wildman–Crippen MR) is 101 cm³/mol. The third kappa shape index (κ3) is 4.78. The van der Waals surface area contributed by atoms with Crippen molar-refractivity contribution in [2.45, 2.75) is 50.5 Å². The van der Waals surface area contributed by atoms with Gasteiger partial charge in [0.1, 0.15) is 0 Å². The fraction of sp³-hybridized carbons (Fsp3) is 0.429. The quantitative estimate of drug-likeness (QED) is 0.799. The molecule has 7 heteroatoms. The molecule has 2 heterocycles. The number of nitrogens with zero attached hydrogens (tertiary/aromatic N) is 1. The number of benzene rings is 1. The lowest BCUT2D eigenvalue weighted by Gasteiger charge is -2.30. The summed E-state index contributed by atoms with van der Waals surface area (Å²) >= 11 is 0. The van der Waals surface area contributed by atoms with Crippen molar-refractivity contribution in [1.82, 2.24) is 15.6 Å². The van der Waals surface area contributed by atoms with Gasteiger partial charge in [0, 0.05) is 37.2 Å². The number of urea groups is 1. The number of carbonyl (C=O) groups excluding carboxylic acids is 1. The van der Waals surface area contributed by atoms with Crippen molar-refractivity contribution in [2.75, 3.05) is 6.61 Å². The Labute approximate surface area is 163 Å². The number of hydrogen-bond acceptors (Lipinski definition) is 4. The molecule has 1 aliphatic carbocycles. The van der Waals surface area contributed by atoms with Gasteiger partial charge in [-0.2, -0.15) is 0 Å². The molecule has 0 unspecified atom stereocenters. The number of ether oxygens (including phenoxy) is 2. The van der Waals surface area contributed by atoms with Crippen molar-refractivity contribution in [3.8, 4) is 5.75 Å². The van der Waals surface area contributed by atoms with Gasteiger partial charge >= 0.3 is 6.03 Å². The topological polar surface area (TPSA) is 72.5 Å². The Morgan fingerprint density at radius 1 is 1.25 bits per heavy atom. The van der Waals surface area contributed by atoms with Gasteiger partial charge in [0.15, 0.2) is 11.6 Å². The third-order valence-electron chi connectivity index (χ3n) is 4.98. The minimum Gasteiger partial charge on any atom is -0.487 e. The van der Waals surface area contributed by atoms with Crippen molar-refractivity contribution < 1.29 is 18.7 Å². The van der Waals surface area contributed by atoms with Crippen LogP contribution in [0.2, 0.25) is 0 Å². The predicted octanol–water partition coefficient (Wildman–Crippen LogP) is 3.48. The Morgan fingerprint density at radius 2 is 2.14 bits per heavy atom. The summed E-state index contributed by atoms with van der Waals surface area (Å²) in [5, 5.41) is 5.70. The molecule has 1 aromatic heterocycles. The SMILES string of the molecule is O=C(NCc1cccc(OC2CC2)c1F)N[C@@H]1CCO[C@@H](c2cccnc2)C1. The summed E-state index contributed by atoms with van der Waals surface area (Å²) in [7, 11) is 0. The zero-order chi connectivity index (χ0) is 19.3. The molecule has 2 N–H and O–H groups in total. The summed E-state index contributed by atoms with van der Waals surface area (Å²) in [6.45, 7) is 0.675. The van der Waals surface area contributed by atoms with Crippen LogP contribution < -0.4 is 15.4 Å². The Bertz CT molecular complexity index is 814. The normalized spacial score (nSPS) is 21.8. The molecule has 2 aliphatic rings. The largest absolute Gasteiger partial charge is 0.487 e. The maximum atomic E-state index is 14.5. The van der Waals surface area contributed by atoms with Crippen molar-refractivity contribution in [3.63, 3.8) is 0 Å². The van der Waals surface area contributed by atoms with Crippen LogP contribution in [-0.4, -0.2) is 29.8 Å². The smallest absolute Gasteiger partial charge is 0.315 e. The van der Waals surface area contributed by atoms with Crippen LogP contribution in [-0.2, 0) is 11.3 Å². The van der Waals surface area contributed by atoms with E-state index in [1.54, 1.807) is 30.6 Å². The minimum atomic E-state index is -0.405. The van der Waals surface area contributed by atoms with E-state index in [9.17, 15) is 9.18 Å². The Morgan fingerprint density at radius 3 is 2.93 bits per heavy atom. The van der Waals surface area contributed by atoms with Gasteiger partial charge in [-0.3, -0.25) is 4.98 Å². The standard InChI is InChI=1S/C21H24FN3O3/c22-20-15(3-1-5-18(20)28-17-6-7-17)13-24-21(26)25-16-8-10-27-19(11-16)14-4-2-9-23-12-14/h1-5,9,12,16-17,19H,6-8,10-11,13H2,(H2,24,25,26)/t16-,19-/m1/s1. The van der Waals surface area contributed by atoms with Crippen molar-refractivity contribution in [1.29, 1.82) is 0 Å². The van der Waals surface area contributed by atoms with Crippen LogP contribution >= 0.6 is 0 Å². The van der Waals surface area contributed by atoms with E-state index in [4.69, 9.17) is 9.47 Å². The third-order valence-corrected chi connectivity index (χ3v) is 4.98. The van der Waals surface area contributed by atoms with E-state index in [0.717, 1.165) is 24.8 Å². The van der Waals surface area contributed by atoms with Crippen LogP contribution in [0, 0.1) is 5.82 Å². The van der Waals surface area contributed by atoms with E-state index >= 15 is 0 Å². The molecule has 2 amide bonds. The van der Waals surface area contributed by atoms with Crippen LogP contribution in [0.5, 0.6) is 5.75 Å². The van der Waals surface area contributed by atoms with Gasteiger partial charge < -0.3 is 20.1 Å². The number of amides is 2. The van der Waals surface area contributed by atoms with Gasteiger partial charge in [-0.05, 0) is 43.4 Å². The first-order chi connectivity index (χ1) is 13.7. The van der Waals surface area contributed by atoms with Crippen molar-refractivity contribution >= 4 is 6.03 Å². The van der Waals surface area contributed by atoms with E-state index in [2.05, 4.69) is 15.6 Å².